The van der Waals surface area contributed by atoms with Crippen LogP contribution in [0.4, 0.5) is 0 Å². The molecule has 0 spiro atoms. The number of hydrogen-bond donors (Lipinski definition) is 2. The molecule has 0 saturated heterocycles. The molecule has 7 heteroatoms. The van der Waals surface area contributed by atoms with Gasteiger partial charge in [-0.05, 0) is 24.3 Å². The Labute approximate surface area is 144 Å². The molecular weight excluding hydrogens is 326 g/mol. The van der Waals surface area contributed by atoms with Crippen molar-refractivity contribution in [2.24, 2.45) is 5.73 Å². The number of carbonyl (C=O) groups excluding carboxylic acids is 3. The first-order valence-electron chi connectivity index (χ1n) is 7.43. The van der Waals surface area contributed by atoms with E-state index in [1.165, 1.54) is 24.3 Å². The Morgan fingerprint density at radius 3 is 1.80 bits per heavy atom. The highest BCUT2D eigenvalue weighted by atomic mass is 16.6. The molecule has 0 aromatic heterocycles. The normalized spacial score (nSPS) is 12.7. The quantitative estimate of drug-likeness (QED) is 0.576. The molecule has 0 aliphatic carbocycles. The average molecular weight is 343 g/mol. The summed E-state index contributed by atoms with van der Waals surface area (Å²) in [7, 11) is 0. The Kier molecular flexibility index (Phi) is 5.86. The lowest BCUT2D eigenvalue weighted by molar-refractivity contribution is -0.164. The topological polar surface area (TPSA) is 116 Å². The van der Waals surface area contributed by atoms with Gasteiger partial charge in [-0.15, -0.1) is 0 Å². The van der Waals surface area contributed by atoms with Gasteiger partial charge >= 0.3 is 11.9 Å². The number of rotatable bonds is 7. The highest BCUT2D eigenvalue weighted by Crippen LogP contribution is 2.22. The van der Waals surface area contributed by atoms with Gasteiger partial charge in [0.05, 0.1) is 12.8 Å². The molecule has 1 atom stereocenters. The van der Waals surface area contributed by atoms with E-state index in [-0.39, 0.29) is 11.5 Å². The predicted molar refractivity (Wildman–Crippen MR) is 87.5 cm³/mol. The van der Waals surface area contributed by atoms with Gasteiger partial charge in [0.15, 0.2) is 5.60 Å². The van der Waals surface area contributed by atoms with Crippen molar-refractivity contribution in [2.45, 2.75) is 18.4 Å². The van der Waals surface area contributed by atoms with Crippen molar-refractivity contribution in [1.82, 2.24) is 0 Å². The Balaban J connectivity index is 2.11. The molecule has 25 heavy (non-hydrogen) atoms. The largest absolute Gasteiger partial charge is 0.426 e. The van der Waals surface area contributed by atoms with E-state index >= 15 is 0 Å². The summed E-state index contributed by atoms with van der Waals surface area (Å²) >= 11 is 0. The van der Waals surface area contributed by atoms with Crippen LogP contribution in [0.2, 0.25) is 0 Å². The number of aliphatic hydroxyl groups is 1. The maximum Gasteiger partial charge on any atom is 0.344 e. The van der Waals surface area contributed by atoms with Crippen LogP contribution < -0.4 is 15.2 Å². The Morgan fingerprint density at radius 2 is 1.32 bits per heavy atom. The fraction of sp³-hybridized carbons (Fsp3) is 0.167. The van der Waals surface area contributed by atoms with Crippen molar-refractivity contribution in [1.29, 1.82) is 0 Å². The van der Waals surface area contributed by atoms with Crippen molar-refractivity contribution in [2.75, 3.05) is 0 Å². The van der Waals surface area contributed by atoms with Gasteiger partial charge in [-0.1, -0.05) is 36.4 Å². The molecule has 0 heterocycles. The summed E-state index contributed by atoms with van der Waals surface area (Å²) in [4.78, 5) is 35.5. The third-order valence-corrected chi connectivity index (χ3v) is 3.21. The van der Waals surface area contributed by atoms with Crippen LogP contribution in [0.3, 0.4) is 0 Å². The predicted octanol–water partition coefficient (Wildman–Crippen LogP) is 1.19. The number of esters is 2. The van der Waals surface area contributed by atoms with E-state index in [0.29, 0.717) is 0 Å². The van der Waals surface area contributed by atoms with Crippen molar-refractivity contribution in [3.63, 3.8) is 0 Å². The second kappa shape index (κ2) is 8.07. The molecule has 1 amide bonds. The third-order valence-electron chi connectivity index (χ3n) is 3.21. The number of benzene rings is 2. The van der Waals surface area contributed by atoms with Crippen LogP contribution in [0, 0.1) is 0 Å². The van der Waals surface area contributed by atoms with E-state index in [0.717, 1.165) is 0 Å². The van der Waals surface area contributed by atoms with Crippen LogP contribution in [0.15, 0.2) is 60.7 Å². The van der Waals surface area contributed by atoms with Crippen LogP contribution in [0.1, 0.15) is 12.8 Å². The van der Waals surface area contributed by atoms with Crippen LogP contribution >= 0.6 is 0 Å². The van der Waals surface area contributed by atoms with Gasteiger partial charge in [0.2, 0.25) is 5.91 Å². The summed E-state index contributed by atoms with van der Waals surface area (Å²) in [6, 6.07) is 16.1. The molecule has 2 aromatic carbocycles. The van der Waals surface area contributed by atoms with Crippen LogP contribution in [-0.2, 0) is 14.4 Å². The number of nitrogens with two attached hydrogens (primary N) is 1. The molecule has 130 valence electrons. The first kappa shape index (κ1) is 18.2. The van der Waals surface area contributed by atoms with Crippen molar-refractivity contribution >= 4 is 17.8 Å². The van der Waals surface area contributed by atoms with Gasteiger partial charge in [0, 0.05) is 0 Å². The van der Waals surface area contributed by atoms with E-state index in [2.05, 4.69) is 0 Å². The zero-order valence-electron chi connectivity index (χ0n) is 13.3. The minimum atomic E-state index is -2.42. The Morgan fingerprint density at radius 1 is 0.840 bits per heavy atom. The zero-order chi connectivity index (χ0) is 18.3. The van der Waals surface area contributed by atoms with Crippen molar-refractivity contribution in [3.8, 4) is 11.5 Å². The van der Waals surface area contributed by atoms with Crippen LogP contribution in [0.5, 0.6) is 11.5 Å². The maximum atomic E-state index is 12.3. The Hall–Kier alpha value is -3.19. The summed E-state index contributed by atoms with van der Waals surface area (Å²) in [5.41, 5.74) is 2.66. The minimum Gasteiger partial charge on any atom is -0.426 e. The van der Waals surface area contributed by atoms with E-state index in [1.54, 1.807) is 36.4 Å². The van der Waals surface area contributed by atoms with Crippen molar-refractivity contribution < 1.29 is 29.0 Å². The molecule has 0 bridgehead atoms. The maximum absolute atomic E-state index is 12.3. The van der Waals surface area contributed by atoms with Gasteiger partial charge in [-0.2, -0.15) is 0 Å². The smallest absolute Gasteiger partial charge is 0.344 e. The number of primary amides is 1. The number of carbonyl (C=O) groups is 3. The third kappa shape index (κ3) is 5.43. The highest BCUT2D eigenvalue weighted by molar-refractivity contribution is 5.92. The lowest BCUT2D eigenvalue weighted by atomic mass is 9.95. The highest BCUT2D eigenvalue weighted by Gasteiger charge is 2.42. The molecule has 0 saturated carbocycles. The number of ether oxygens (including phenoxy) is 2. The average Bonchev–Trinajstić information content (AvgIpc) is 2.55. The fourth-order valence-electron chi connectivity index (χ4n) is 2.08. The summed E-state index contributed by atoms with van der Waals surface area (Å²) in [6.45, 7) is 0. The van der Waals surface area contributed by atoms with Gasteiger partial charge in [-0.25, -0.2) is 4.79 Å². The van der Waals surface area contributed by atoms with Crippen LogP contribution in [-0.4, -0.2) is 28.6 Å². The lowest BCUT2D eigenvalue weighted by Gasteiger charge is -2.23. The van der Waals surface area contributed by atoms with Crippen molar-refractivity contribution in [3.05, 3.63) is 60.7 Å². The van der Waals surface area contributed by atoms with Crippen LogP contribution in [0.25, 0.3) is 0 Å². The molecule has 0 aliphatic rings. The molecule has 3 N–H and O–H groups in total. The van der Waals surface area contributed by atoms with E-state index in [9.17, 15) is 19.5 Å². The molecular formula is C18H17NO6. The van der Waals surface area contributed by atoms with E-state index in [4.69, 9.17) is 15.2 Å². The van der Waals surface area contributed by atoms with E-state index in [1.807, 2.05) is 0 Å². The minimum absolute atomic E-state index is 0.159. The molecule has 2 rings (SSSR count). The SMILES string of the molecule is NC(=O)CC(O)(CC(=O)Oc1ccccc1)C(=O)Oc1ccccc1. The monoisotopic (exact) mass is 343 g/mol. The number of amides is 1. The zero-order valence-corrected chi connectivity index (χ0v) is 13.3. The lowest BCUT2D eigenvalue weighted by Crippen LogP contribution is -2.47. The Bertz CT molecular complexity index is 747. The molecule has 0 aliphatic heterocycles. The number of hydrogen-bond acceptors (Lipinski definition) is 6. The fourth-order valence-corrected chi connectivity index (χ4v) is 2.08. The molecule has 0 fully saturated rings. The second-order valence-electron chi connectivity index (χ2n) is 5.34. The van der Waals surface area contributed by atoms with Gasteiger partial charge in [-0.3, -0.25) is 9.59 Å². The summed E-state index contributed by atoms with van der Waals surface area (Å²) in [5.74, 6) is -2.63. The first-order valence-corrected chi connectivity index (χ1v) is 7.43. The standard InChI is InChI=1S/C18H17NO6/c19-15(20)11-18(23,17(22)25-14-9-5-2-6-10-14)12-16(21)24-13-7-3-1-4-8-13/h1-10,23H,11-12H2,(H2,19,20). The second-order valence-corrected chi connectivity index (χ2v) is 5.34. The van der Waals surface area contributed by atoms with E-state index < -0.39 is 36.3 Å². The summed E-state index contributed by atoms with van der Waals surface area (Å²) < 4.78 is 10.1. The molecule has 2 aromatic rings. The van der Waals surface area contributed by atoms with Gasteiger partial charge in [0.1, 0.15) is 11.5 Å². The molecule has 7 nitrogen and oxygen atoms in total. The first-order chi connectivity index (χ1) is 11.9. The van der Waals surface area contributed by atoms with Gasteiger partial charge in [0.25, 0.3) is 0 Å². The summed E-state index contributed by atoms with van der Waals surface area (Å²) in [5, 5.41) is 10.5. The molecule has 0 radical (unpaired) electrons. The number of para-hydroxylation sites is 2. The molecule has 1 unspecified atom stereocenters. The summed E-state index contributed by atoms with van der Waals surface area (Å²) in [6.07, 6.45) is -1.56. The van der Waals surface area contributed by atoms with Gasteiger partial charge < -0.3 is 20.3 Å².